The Morgan fingerprint density at radius 3 is 2.53 bits per heavy atom. The van der Waals surface area contributed by atoms with Crippen molar-refractivity contribution in [2.75, 3.05) is 5.32 Å². The Labute approximate surface area is 176 Å². The van der Waals surface area contributed by atoms with Crippen LogP contribution in [0.2, 0.25) is 0 Å². The number of carbonyl (C=O) groups excluding carboxylic acids is 2. The Hall–Kier alpha value is -3.27. The summed E-state index contributed by atoms with van der Waals surface area (Å²) in [6.45, 7) is 0. The summed E-state index contributed by atoms with van der Waals surface area (Å²) < 4.78 is 0. The number of carbonyl (C=O) groups is 2. The molecule has 1 atom stereocenters. The molecule has 2 aliphatic heterocycles. The number of fused-ring (bicyclic) bond motifs is 1. The van der Waals surface area contributed by atoms with Crippen LogP contribution >= 0.6 is 0 Å². The second-order valence-electron chi connectivity index (χ2n) is 7.67. The van der Waals surface area contributed by atoms with Crippen molar-refractivity contribution < 1.29 is 9.59 Å². The van der Waals surface area contributed by atoms with Gasteiger partial charge in [-0.2, -0.15) is 0 Å². The molecule has 1 fully saturated rings. The van der Waals surface area contributed by atoms with Crippen LogP contribution in [0, 0.1) is 12.3 Å². The summed E-state index contributed by atoms with van der Waals surface area (Å²) in [5.74, 6) is 2.37. The van der Waals surface area contributed by atoms with Gasteiger partial charge in [-0.3, -0.25) is 14.6 Å². The molecule has 0 saturated carbocycles. The van der Waals surface area contributed by atoms with Crippen molar-refractivity contribution in [3.05, 3.63) is 65.7 Å². The fourth-order valence-electron chi connectivity index (χ4n) is 3.68. The first-order valence-electron chi connectivity index (χ1n) is 10.1. The van der Waals surface area contributed by atoms with E-state index in [9.17, 15) is 9.59 Å². The molecule has 2 aliphatic rings. The molecule has 0 radical (unpaired) electrons. The van der Waals surface area contributed by atoms with Crippen LogP contribution in [-0.4, -0.2) is 29.1 Å². The molecule has 2 aromatic carbocycles. The standard InChI is InChI=1S/C24H24N4O2/c1-2-3-14-24(27-28-24)15-13-18(29)16-21-23(30)26-20-12-8-7-11-19(20)22(25-21)17-9-5-4-6-10-17/h1,4-12,21,27-28H,3,13-16H2,(H,26,30). The lowest BCUT2D eigenvalue weighted by Crippen LogP contribution is -2.29. The van der Waals surface area contributed by atoms with E-state index < -0.39 is 6.04 Å². The van der Waals surface area contributed by atoms with Crippen LogP contribution in [0.3, 0.4) is 0 Å². The number of benzene rings is 2. The normalized spacial score (nSPS) is 19.0. The SMILES string of the molecule is C#CCCC1(CCC(=O)CC2N=C(c3ccccc3)c3ccccc3NC2=O)NN1. The van der Waals surface area contributed by atoms with Crippen LogP contribution in [0.15, 0.2) is 59.6 Å². The first-order chi connectivity index (χ1) is 14.6. The molecule has 3 N–H and O–H groups in total. The van der Waals surface area contributed by atoms with E-state index in [1.54, 1.807) is 0 Å². The summed E-state index contributed by atoms with van der Waals surface area (Å²) in [5, 5.41) is 2.94. The van der Waals surface area contributed by atoms with Gasteiger partial charge in [0, 0.05) is 30.4 Å². The highest BCUT2D eigenvalue weighted by Gasteiger charge is 2.41. The first-order valence-corrected chi connectivity index (χ1v) is 10.1. The summed E-state index contributed by atoms with van der Waals surface area (Å²) in [6, 6.07) is 16.6. The zero-order chi connectivity index (χ0) is 21.0. The highest BCUT2D eigenvalue weighted by atomic mass is 16.2. The lowest BCUT2D eigenvalue weighted by Gasteiger charge is -2.12. The van der Waals surface area contributed by atoms with Crippen molar-refractivity contribution in [3.8, 4) is 12.3 Å². The van der Waals surface area contributed by atoms with Gasteiger partial charge in [-0.05, 0) is 18.9 Å². The minimum absolute atomic E-state index is 0.00727. The van der Waals surface area contributed by atoms with E-state index in [1.807, 2.05) is 54.6 Å². The number of terminal acetylenes is 1. The quantitative estimate of drug-likeness (QED) is 0.468. The van der Waals surface area contributed by atoms with Crippen molar-refractivity contribution in [2.45, 2.75) is 43.8 Å². The number of hydrazine groups is 1. The van der Waals surface area contributed by atoms with E-state index in [4.69, 9.17) is 11.4 Å². The Bertz CT molecular complexity index is 1020. The van der Waals surface area contributed by atoms with Gasteiger partial charge in [-0.1, -0.05) is 48.5 Å². The number of amides is 1. The molecule has 0 aromatic heterocycles. The Balaban J connectivity index is 1.52. The number of ketones is 1. The second kappa shape index (κ2) is 8.62. The highest BCUT2D eigenvalue weighted by Crippen LogP contribution is 2.27. The summed E-state index contributed by atoms with van der Waals surface area (Å²) in [5.41, 5.74) is 9.14. The van der Waals surface area contributed by atoms with Gasteiger partial charge in [-0.15, -0.1) is 12.3 Å². The van der Waals surface area contributed by atoms with E-state index in [0.29, 0.717) is 24.9 Å². The van der Waals surface area contributed by atoms with Crippen LogP contribution in [0.25, 0.3) is 0 Å². The molecule has 30 heavy (non-hydrogen) atoms. The van der Waals surface area contributed by atoms with Gasteiger partial charge in [0.25, 0.3) is 0 Å². The van der Waals surface area contributed by atoms with Crippen molar-refractivity contribution >= 4 is 23.1 Å². The third-order valence-corrected chi connectivity index (χ3v) is 5.50. The van der Waals surface area contributed by atoms with Crippen LogP contribution in [0.5, 0.6) is 0 Å². The molecule has 6 heteroatoms. The predicted molar refractivity (Wildman–Crippen MR) is 117 cm³/mol. The average Bonchev–Trinajstić information content (AvgIpc) is 3.56. The third-order valence-electron chi connectivity index (χ3n) is 5.50. The van der Waals surface area contributed by atoms with Gasteiger partial charge >= 0.3 is 0 Å². The maximum atomic E-state index is 12.8. The largest absolute Gasteiger partial charge is 0.324 e. The number of hydrogen-bond donors (Lipinski definition) is 3. The van der Waals surface area contributed by atoms with Gasteiger partial charge in [0.2, 0.25) is 5.91 Å². The molecule has 0 bridgehead atoms. The molecular weight excluding hydrogens is 376 g/mol. The summed E-state index contributed by atoms with van der Waals surface area (Å²) >= 11 is 0. The second-order valence-corrected chi connectivity index (χ2v) is 7.67. The first kappa shape index (κ1) is 20.0. The number of anilines is 1. The van der Waals surface area contributed by atoms with Crippen LogP contribution in [0.4, 0.5) is 5.69 Å². The van der Waals surface area contributed by atoms with E-state index in [1.165, 1.54) is 0 Å². The molecule has 4 rings (SSSR count). The maximum absolute atomic E-state index is 12.8. The fraction of sp³-hybridized carbons (Fsp3) is 0.292. The Morgan fingerprint density at radius 1 is 1.07 bits per heavy atom. The van der Waals surface area contributed by atoms with Gasteiger partial charge in [0.05, 0.1) is 17.1 Å². The van der Waals surface area contributed by atoms with Crippen molar-refractivity contribution in [2.24, 2.45) is 4.99 Å². The molecule has 6 nitrogen and oxygen atoms in total. The number of para-hydroxylation sites is 1. The minimum Gasteiger partial charge on any atom is -0.324 e. The summed E-state index contributed by atoms with van der Waals surface area (Å²) in [6.07, 6.45) is 7.82. The van der Waals surface area contributed by atoms with Gasteiger partial charge in [0.15, 0.2) is 0 Å². The van der Waals surface area contributed by atoms with E-state index in [0.717, 1.165) is 23.3 Å². The predicted octanol–water partition coefficient (Wildman–Crippen LogP) is 2.80. The van der Waals surface area contributed by atoms with Gasteiger partial charge in [-0.25, -0.2) is 10.9 Å². The number of aliphatic imine (C=N–C) groups is 1. The van der Waals surface area contributed by atoms with Gasteiger partial charge in [0.1, 0.15) is 11.8 Å². The summed E-state index contributed by atoms with van der Waals surface area (Å²) in [7, 11) is 0. The van der Waals surface area contributed by atoms with Crippen LogP contribution < -0.4 is 16.2 Å². The molecule has 2 heterocycles. The zero-order valence-corrected chi connectivity index (χ0v) is 16.7. The number of nitrogens with one attached hydrogen (secondary N) is 3. The molecule has 1 unspecified atom stereocenters. The molecule has 0 spiro atoms. The third kappa shape index (κ3) is 4.48. The number of benzodiazepines with no additional fused rings is 1. The smallest absolute Gasteiger partial charge is 0.249 e. The fourth-order valence-corrected chi connectivity index (χ4v) is 3.68. The zero-order valence-electron chi connectivity index (χ0n) is 16.7. The number of Topliss-reactive ketones (excluding diaryl/α,β-unsaturated/α-hetero) is 1. The average molecular weight is 400 g/mol. The number of rotatable bonds is 8. The van der Waals surface area contributed by atoms with Crippen LogP contribution in [0.1, 0.15) is 43.2 Å². The minimum atomic E-state index is -0.762. The molecule has 2 aromatic rings. The Kier molecular flexibility index (Phi) is 5.75. The molecular formula is C24H24N4O2. The number of hydrogen-bond acceptors (Lipinski definition) is 5. The highest BCUT2D eigenvalue weighted by molar-refractivity contribution is 6.19. The molecule has 1 amide bonds. The Morgan fingerprint density at radius 2 is 1.80 bits per heavy atom. The summed E-state index contributed by atoms with van der Waals surface area (Å²) in [4.78, 5) is 30.3. The molecule has 152 valence electrons. The monoisotopic (exact) mass is 400 g/mol. The van der Waals surface area contributed by atoms with Gasteiger partial charge < -0.3 is 5.32 Å². The van der Waals surface area contributed by atoms with Crippen molar-refractivity contribution in [1.82, 2.24) is 10.9 Å². The van der Waals surface area contributed by atoms with E-state index in [2.05, 4.69) is 22.1 Å². The lowest BCUT2D eigenvalue weighted by molar-refractivity contribution is -0.124. The van der Waals surface area contributed by atoms with Crippen molar-refractivity contribution in [1.29, 1.82) is 0 Å². The van der Waals surface area contributed by atoms with E-state index >= 15 is 0 Å². The lowest BCUT2D eigenvalue weighted by atomic mass is 9.98. The molecule has 0 aliphatic carbocycles. The number of nitrogens with zero attached hydrogens (tertiary/aromatic N) is 1. The topological polar surface area (TPSA) is 102 Å². The van der Waals surface area contributed by atoms with E-state index in [-0.39, 0.29) is 23.8 Å². The molecule has 1 saturated heterocycles. The maximum Gasteiger partial charge on any atom is 0.249 e. The van der Waals surface area contributed by atoms with Crippen molar-refractivity contribution in [3.63, 3.8) is 0 Å². The van der Waals surface area contributed by atoms with Crippen LogP contribution in [-0.2, 0) is 9.59 Å².